The van der Waals surface area contributed by atoms with E-state index in [2.05, 4.69) is 26.5 Å². The Morgan fingerprint density at radius 3 is 2.14 bits per heavy atom. The van der Waals surface area contributed by atoms with Crippen molar-refractivity contribution in [3.8, 4) is 11.3 Å². The van der Waals surface area contributed by atoms with Crippen molar-refractivity contribution in [1.29, 1.82) is 0 Å². The number of nitrogens with one attached hydrogen (secondary N) is 1. The van der Waals surface area contributed by atoms with Crippen LogP contribution in [0.2, 0.25) is 5.02 Å². The number of rotatable bonds is 3. The number of fused-ring (bicyclic) bond motifs is 5. The first kappa shape index (κ1) is 22.7. The molecule has 1 N–H and O–H groups in total. The van der Waals surface area contributed by atoms with Crippen molar-refractivity contribution in [3.05, 3.63) is 76.2 Å². The average Bonchev–Trinajstić information content (AvgIpc) is 3.59. The first-order valence-electron chi connectivity index (χ1n) is 12.9. The molecule has 0 unspecified atom stereocenters. The minimum Gasteiger partial charge on any atom is -0.338 e. The van der Waals surface area contributed by atoms with Crippen LogP contribution in [0.5, 0.6) is 0 Å². The number of aromatic nitrogens is 4. The van der Waals surface area contributed by atoms with Gasteiger partial charge in [0.15, 0.2) is 0 Å². The van der Waals surface area contributed by atoms with E-state index in [-0.39, 0.29) is 11.8 Å². The summed E-state index contributed by atoms with van der Waals surface area (Å²) in [5.74, 6) is 2.08. The number of aromatic amines is 1. The van der Waals surface area contributed by atoms with Crippen LogP contribution in [-0.4, -0.2) is 68.2 Å². The van der Waals surface area contributed by atoms with Gasteiger partial charge in [-0.2, -0.15) is 15.4 Å². The average molecular weight is 515 g/mol. The lowest BCUT2D eigenvalue weighted by Crippen LogP contribution is -2.44. The number of hydrogen-bond donors (Lipinski definition) is 1. The number of allylic oxidation sites excluding steroid dienone is 1. The Bertz CT molecular complexity index is 1380. The molecule has 0 radical (unpaired) electrons. The van der Waals surface area contributed by atoms with E-state index in [1.165, 1.54) is 0 Å². The molecule has 4 atom stereocenters. The fourth-order valence-electron chi connectivity index (χ4n) is 6.82. The third-order valence-electron chi connectivity index (χ3n) is 8.76. The lowest BCUT2D eigenvalue weighted by molar-refractivity contribution is -0.126. The van der Waals surface area contributed by atoms with E-state index in [4.69, 9.17) is 11.6 Å². The Morgan fingerprint density at radius 2 is 1.49 bits per heavy atom. The first-order valence-corrected chi connectivity index (χ1v) is 13.3. The summed E-state index contributed by atoms with van der Waals surface area (Å²) in [6.45, 7) is 3.09. The van der Waals surface area contributed by atoms with Crippen molar-refractivity contribution in [1.82, 2.24) is 30.2 Å². The second kappa shape index (κ2) is 8.80. The number of hydrogen-bond acceptors (Lipinski definition) is 5. The number of likely N-dealkylation sites (tertiary alicyclic amines) is 2. The molecule has 2 aromatic heterocycles. The van der Waals surface area contributed by atoms with Crippen LogP contribution in [0.1, 0.15) is 28.2 Å². The molecule has 0 spiro atoms. The van der Waals surface area contributed by atoms with Gasteiger partial charge >= 0.3 is 0 Å². The van der Waals surface area contributed by atoms with Crippen molar-refractivity contribution in [2.75, 3.05) is 26.2 Å². The zero-order chi connectivity index (χ0) is 25.1. The highest BCUT2D eigenvalue weighted by Gasteiger charge is 2.59. The minimum atomic E-state index is 0.0441. The third kappa shape index (κ3) is 3.85. The van der Waals surface area contributed by atoms with Crippen molar-refractivity contribution in [2.45, 2.75) is 19.3 Å². The van der Waals surface area contributed by atoms with E-state index in [1.807, 2.05) is 46.2 Å². The van der Waals surface area contributed by atoms with Gasteiger partial charge in [0.05, 0.1) is 22.6 Å². The number of carbonyl (C=O) groups is 2. The predicted molar refractivity (Wildman–Crippen MR) is 138 cm³/mol. The van der Waals surface area contributed by atoms with Gasteiger partial charge < -0.3 is 9.80 Å². The Hall–Kier alpha value is -3.52. The van der Waals surface area contributed by atoms with Crippen LogP contribution >= 0.6 is 11.6 Å². The van der Waals surface area contributed by atoms with Crippen LogP contribution < -0.4 is 0 Å². The second-order valence-corrected chi connectivity index (χ2v) is 11.1. The smallest absolute Gasteiger partial charge is 0.255 e. The van der Waals surface area contributed by atoms with E-state index in [1.54, 1.807) is 6.20 Å². The molecule has 188 valence electrons. The molecule has 2 aliphatic heterocycles. The highest BCUT2D eigenvalue weighted by Crippen LogP contribution is 2.54. The zero-order valence-electron chi connectivity index (χ0n) is 20.3. The molecule has 0 bridgehead atoms. The second-order valence-electron chi connectivity index (χ2n) is 10.7. The number of benzene rings is 1. The maximum atomic E-state index is 13.3. The van der Waals surface area contributed by atoms with Gasteiger partial charge in [-0.25, -0.2) is 0 Å². The fraction of sp³-hybridized carbons (Fsp3) is 0.393. The first-order chi connectivity index (χ1) is 18.0. The lowest BCUT2D eigenvalue weighted by Gasteiger charge is -2.42. The molecule has 9 heteroatoms. The van der Waals surface area contributed by atoms with E-state index in [0.717, 1.165) is 67.2 Å². The molecule has 3 aromatic rings. The topological polar surface area (TPSA) is 95.1 Å². The molecule has 1 aromatic carbocycles. The molecular formula is C28H27ClN6O2. The number of H-pyrrole nitrogens is 1. The zero-order valence-corrected chi connectivity index (χ0v) is 21.1. The normalized spacial score (nSPS) is 26.0. The minimum absolute atomic E-state index is 0.0441. The summed E-state index contributed by atoms with van der Waals surface area (Å²) in [6, 6.07) is 11.3. The van der Waals surface area contributed by atoms with Crippen LogP contribution in [0.3, 0.4) is 0 Å². The fourth-order valence-corrected chi connectivity index (χ4v) is 6.94. The summed E-state index contributed by atoms with van der Waals surface area (Å²) in [4.78, 5) is 35.1. The summed E-state index contributed by atoms with van der Waals surface area (Å²) in [5, 5.41) is 11.8. The highest BCUT2D eigenvalue weighted by molar-refractivity contribution is 6.30. The quantitative estimate of drug-likeness (QED) is 0.578. The van der Waals surface area contributed by atoms with Gasteiger partial charge in [-0.15, -0.1) is 0 Å². The van der Waals surface area contributed by atoms with Gasteiger partial charge in [0.2, 0.25) is 5.91 Å². The molecule has 2 amide bonds. The van der Waals surface area contributed by atoms with Gasteiger partial charge in [0, 0.05) is 55.0 Å². The Balaban J connectivity index is 0.981. The van der Waals surface area contributed by atoms with Gasteiger partial charge in [0.1, 0.15) is 0 Å². The number of halogens is 1. The van der Waals surface area contributed by atoms with E-state index < -0.39 is 0 Å². The Kier molecular flexibility index (Phi) is 5.39. The summed E-state index contributed by atoms with van der Waals surface area (Å²) in [7, 11) is 0. The van der Waals surface area contributed by atoms with Crippen molar-refractivity contribution >= 4 is 23.4 Å². The molecular weight excluding hydrogens is 488 g/mol. The SMILES string of the molecule is O=C(C1=CCCc2n[nH]nc2C1)N1C[C@@H]2[C@H](C1)[C@H]1CN(C(=O)c3ccc(-c4ccc(Cl)cc4)nc3)C[C@@H]21. The number of nitrogens with zero attached hydrogens (tertiary/aromatic N) is 5. The Labute approximate surface area is 219 Å². The van der Waals surface area contributed by atoms with Crippen LogP contribution in [0.25, 0.3) is 11.3 Å². The van der Waals surface area contributed by atoms with Crippen LogP contribution in [0.4, 0.5) is 0 Å². The number of aryl methyl sites for hydroxylation is 1. The predicted octanol–water partition coefficient (Wildman–Crippen LogP) is 3.41. The summed E-state index contributed by atoms with van der Waals surface area (Å²) >= 11 is 5.98. The molecule has 7 rings (SSSR count). The van der Waals surface area contributed by atoms with Crippen LogP contribution in [-0.2, 0) is 17.6 Å². The van der Waals surface area contributed by atoms with Crippen molar-refractivity contribution < 1.29 is 9.59 Å². The summed E-state index contributed by atoms with van der Waals surface area (Å²) in [6.07, 6.45) is 5.94. The van der Waals surface area contributed by atoms with Gasteiger partial charge in [-0.05, 0) is 60.8 Å². The van der Waals surface area contributed by atoms with Crippen LogP contribution in [0.15, 0.2) is 54.2 Å². The van der Waals surface area contributed by atoms with E-state index in [9.17, 15) is 9.59 Å². The lowest BCUT2D eigenvalue weighted by atomic mass is 9.60. The maximum absolute atomic E-state index is 13.3. The molecule has 2 aliphatic carbocycles. The van der Waals surface area contributed by atoms with Gasteiger partial charge in [-0.3, -0.25) is 14.6 Å². The van der Waals surface area contributed by atoms with Gasteiger partial charge in [0.25, 0.3) is 5.91 Å². The van der Waals surface area contributed by atoms with E-state index >= 15 is 0 Å². The van der Waals surface area contributed by atoms with Crippen molar-refractivity contribution in [2.24, 2.45) is 23.7 Å². The van der Waals surface area contributed by atoms with Crippen molar-refractivity contribution in [3.63, 3.8) is 0 Å². The largest absolute Gasteiger partial charge is 0.338 e. The maximum Gasteiger partial charge on any atom is 0.255 e. The Morgan fingerprint density at radius 1 is 0.838 bits per heavy atom. The summed E-state index contributed by atoms with van der Waals surface area (Å²) < 4.78 is 0. The molecule has 4 aliphatic rings. The summed E-state index contributed by atoms with van der Waals surface area (Å²) in [5.41, 5.74) is 5.10. The molecule has 2 saturated heterocycles. The number of pyridine rings is 1. The number of carbonyl (C=O) groups excluding carboxylic acids is 2. The third-order valence-corrected chi connectivity index (χ3v) is 9.01. The van der Waals surface area contributed by atoms with E-state index in [0.29, 0.717) is 40.7 Å². The molecule has 4 heterocycles. The van der Waals surface area contributed by atoms with Crippen LogP contribution in [0, 0.1) is 23.7 Å². The monoisotopic (exact) mass is 514 g/mol. The molecule has 37 heavy (non-hydrogen) atoms. The molecule has 8 nitrogen and oxygen atoms in total. The molecule has 1 saturated carbocycles. The molecule has 3 fully saturated rings. The highest BCUT2D eigenvalue weighted by atomic mass is 35.5. The standard InChI is InChI=1S/C28H27ClN6O2/c29-19-7-4-16(5-8-19)24-9-6-18(11-30-24)28(37)35-14-22-20-12-34(13-21(20)23(22)15-35)27(36)17-2-1-3-25-26(10-17)32-33-31-25/h2,4-9,11,20-23H,1,3,10,12-15H2,(H,31,32,33)/t20-,21+,22+,23-. The van der Waals surface area contributed by atoms with Gasteiger partial charge in [-0.1, -0.05) is 29.8 Å². The number of amides is 2.